The molecule has 0 saturated carbocycles. The number of nitrogens with zero attached hydrogens (tertiary/aromatic N) is 1. The molecule has 0 aliphatic heterocycles. The number of rotatable bonds is 4. The van der Waals surface area contributed by atoms with E-state index in [0.717, 1.165) is 17.7 Å². The lowest BCUT2D eigenvalue weighted by molar-refractivity contribution is -0.137. The standard InChI is InChI=1S/C18H17F3N2O2/c1-2-25-17(22-12-13-7-4-3-5-8-13)23-16(24)14-9-6-10-15(11-14)18(19,20)21/h3-11H,2,12H2,1H3,(H,22,23,24). The summed E-state index contributed by atoms with van der Waals surface area (Å²) in [5.74, 6) is -0.716. The summed E-state index contributed by atoms with van der Waals surface area (Å²) in [6, 6.07) is 13.4. The van der Waals surface area contributed by atoms with E-state index in [1.807, 2.05) is 30.3 Å². The number of benzene rings is 2. The first-order valence-corrected chi connectivity index (χ1v) is 7.60. The Balaban J connectivity index is 2.12. The van der Waals surface area contributed by atoms with Crippen molar-refractivity contribution >= 4 is 11.9 Å². The zero-order valence-electron chi connectivity index (χ0n) is 13.5. The van der Waals surface area contributed by atoms with Gasteiger partial charge in [-0.1, -0.05) is 36.4 Å². The number of alkyl halides is 3. The smallest absolute Gasteiger partial charge is 0.416 e. The number of nitrogens with one attached hydrogen (secondary N) is 1. The molecule has 1 N–H and O–H groups in total. The van der Waals surface area contributed by atoms with Crippen molar-refractivity contribution in [1.82, 2.24) is 5.32 Å². The third kappa shape index (κ3) is 5.63. The van der Waals surface area contributed by atoms with E-state index in [-0.39, 0.29) is 24.7 Å². The first-order chi connectivity index (χ1) is 11.9. The molecule has 0 aromatic heterocycles. The lowest BCUT2D eigenvalue weighted by Crippen LogP contribution is -2.32. The molecule has 4 nitrogen and oxygen atoms in total. The second kappa shape index (κ2) is 8.32. The van der Waals surface area contributed by atoms with E-state index in [1.165, 1.54) is 12.1 Å². The molecular formula is C18H17F3N2O2. The Labute approximate surface area is 143 Å². The fraction of sp³-hybridized carbons (Fsp3) is 0.222. The van der Waals surface area contributed by atoms with E-state index in [2.05, 4.69) is 10.3 Å². The minimum Gasteiger partial charge on any atom is -0.465 e. The number of aliphatic imine (C=N–C) groups is 1. The Hall–Kier alpha value is -2.83. The van der Waals surface area contributed by atoms with E-state index in [1.54, 1.807) is 6.92 Å². The summed E-state index contributed by atoms with van der Waals surface area (Å²) in [5, 5.41) is 2.40. The summed E-state index contributed by atoms with van der Waals surface area (Å²) in [4.78, 5) is 16.3. The van der Waals surface area contributed by atoms with Crippen LogP contribution in [-0.4, -0.2) is 18.5 Å². The lowest BCUT2D eigenvalue weighted by atomic mass is 10.1. The van der Waals surface area contributed by atoms with Crippen LogP contribution in [0.4, 0.5) is 13.2 Å². The molecule has 0 saturated heterocycles. The summed E-state index contributed by atoms with van der Waals surface area (Å²) >= 11 is 0. The highest BCUT2D eigenvalue weighted by Gasteiger charge is 2.31. The Morgan fingerprint density at radius 1 is 1.12 bits per heavy atom. The van der Waals surface area contributed by atoms with Crippen LogP contribution in [0.5, 0.6) is 0 Å². The first-order valence-electron chi connectivity index (χ1n) is 7.60. The number of halogens is 3. The highest BCUT2D eigenvalue weighted by atomic mass is 19.4. The van der Waals surface area contributed by atoms with Gasteiger partial charge in [-0.15, -0.1) is 0 Å². The maximum absolute atomic E-state index is 12.7. The van der Waals surface area contributed by atoms with Crippen molar-refractivity contribution in [2.24, 2.45) is 4.99 Å². The topological polar surface area (TPSA) is 50.7 Å². The molecule has 1 amide bonds. The molecule has 25 heavy (non-hydrogen) atoms. The van der Waals surface area contributed by atoms with Gasteiger partial charge in [-0.05, 0) is 30.7 Å². The van der Waals surface area contributed by atoms with Gasteiger partial charge in [-0.3, -0.25) is 10.1 Å². The molecule has 0 aliphatic carbocycles. The van der Waals surface area contributed by atoms with Crippen molar-refractivity contribution < 1.29 is 22.7 Å². The van der Waals surface area contributed by atoms with Gasteiger partial charge in [0.1, 0.15) is 0 Å². The molecule has 0 aliphatic rings. The highest BCUT2D eigenvalue weighted by Crippen LogP contribution is 2.29. The molecule has 0 atom stereocenters. The minimum absolute atomic E-state index is 0.0336. The van der Waals surface area contributed by atoms with Crippen LogP contribution < -0.4 is 5.32 Å². The zero-order chi connectivity index (χ0) is 18.3. The van der Waals surface area contributed by atoms with Gasteiger partial charge in [-0.25, -0.2) is 4.99 Å². The van der Waals surface area contributed by atoms with Crippen LogP contribution in [0, 0.1) is 0 Å². The number of hydrogen-bond donors (Lipinski definition) is 1. The summed E-state index contributed by atoms with van der Waals surface area (Å²) in [7, 11) is 0. The summed E-state index contributed by atoms with van der Waals surface area (Å²) in [6.07, 6.45) is -4.51. The Morgan fingerprint density at radius 2 is 1.84 bits per heavy atom. The zero-order valence-corrected chi connectivity index (χ0v) is 13.5. The second-order valence-corrected chi connectivity index (χ2v) is 5.07. The van der Waals surface area contributed by atoms with Crippen LogP contribution in [0.3, 0.4) is 0 Å². The molecule has 7 heteroatoms. The normalized spacial score (nSPS) is 11.9. The average molecular weight is 350 g/mol. The van der Waals surface area contributed by atoms with E-state index >= 15 is 0 Å². The predicted molar refractivity (Wildman–Crippen MR) is 88.1 cm³/mol. The molecule has 0 heterocycles. The summed E-state index contributed by atoms with van der Waals surface area (Å²) < 4.78 is 43.5. The Kier molecular flexibility index (Phi) is 6.16. The predicted octanol–water partition coefficient (Wildman–Crippen LogP) is 4.03. The quantitative estimate of drug-likeness (QED) is 0.669. The molecule has 0 bridgehead atoms. The number of hydrogen-bond acceptors (Lipinski definition) is 3. The highest BCUT2D eigenvalue weighted by molar-refractivity contribution is 6.04. The van der Waals surface area contributed by atoms with Crippen molar-refractivity contribution in [2.75, 3.05) is 6.61 Å². The Bertz CT molecular complexity index is 743. The molecule has 0 fully saturated rings. The minimum atomic E-state index is -4.51. The van der Waals surface area contributed by atoms with Gasteiger partial charge >= 0.3 is 6.18 Å². The van der Waals surface area contributed by atoms with Crippen LogP contribution in [0.15, 0.2) is 59.6 Å². The molecule has 0 radical (unpaired) electrons. The fourth-order valence-corrected chi connectivity index (χ4v) is 2.01. The molecule has 0 unspecified atom stereocenters. The number of carbonyl (C=O) groups is 1. The van der Waals surface area contributed by atoms with Crippen LogP contribution in [-0.2, 0) is 17.5 Å². The third-order valence-electron chi connectivity index (χ3n) is 3.20. The number of ether oxygens (including phenoxy) is 1. The number of carbonyl (C=O) groups excluding carboxylic acids is 1. The van der Waals surface area contributed by atoms with Gasteiger partial charge in [-0.2, -0.15) is 13.2 Å². The van der Waals surface area contributed by atoms with Crippen LogP contribution >= 0.6 is 0 Å². The van der Waals surface area contributed by atoms with Crippen molar-refractivity contribution in [3.8, 4) is 0 Å². The van der Waals surface area contributed by atoms with Gasteiger partial charge < -0.3 is 4.74 Å². The van der Waals surface area contributed by atoms with Gasteiger partial charge in [0, 0.05) is 5.56 Å². The van der Waals surface area contributed by atoms with Crippen LogP contribution in [0.25, 0.3) is 0 Å². The first kappa shape index (κ1) is 18.5. The van der Waals surface area contributed by atoms with Crippen molar-refractivity contribution in [2.45, 2.75) is 19.6 Å². The maximum Gasteiger partial charge on any atom is 0.416 e. The molecule has 132 valence electrons. The molecule has 0 spiro atoms. The van der Waals surface area contributed by atoms with Crippen molar-refractivity contribution in [3.05, 3.63) is 71.3 Å². The van der Waals surface area contributed by atoms with Gasteiger partial charge in [0.15, 0.2) is 0 Å². The molecular weight excluding hydrogens is 333 g/mol. The average Bonchev–Trinajstić information content (AvgIpc) is 2.60. The van der Waals surface area contributed by atoms with Gasteiger partial charge in [0.2, 0.25) is 0 Å². The monoisotopic (exact) mass is 350 g/mol. The maximum atomic E-state index is 12.7. The Morgan fingerprint density at radius 3 is 2.48 bits per heavy atom. The lowest BCUT2D eigenvalue weighted by Gasteiger charge is -2.11. The number of amides is 1. The largest absolute Gasteiger partial charge is 0.465 e. The van der Waals surface area contributed by atoms with Crippen LogP contribution in [0.2, 0.25) is 0 Å². The van der Waals surface area contributed by atoms with Crippen molar-refractivity contribution in [3.63, 3.8) is 0 Å². The summed E-state index contributed by atoms with van der Waals surface area (Å²) in [5.41, 5.74) is -0.103. The number of amidine groups is 1. The fourth-order valence-electron chi connectivity index (χ4n) is 2.01. The second-order valence-electron chi connectivity index (χ2n) is 5.07. The van der Waals surface area contributed by atoms with Crippen LogP contribution in [0.1, 0.15) is 28.4 Å². The third-order valence-corrected chi connectivity index (χ3v) is 3.20. The molecule has 2 aromatic carbocycles. The molecule has 2 aromatic rings. The van der Waals surface area contributed by atoms with Gasteiger partial charge in [0.05, 0.1) is 18.7 Å². The van der Waals surface area contributed by atoms with E-state index in [4.69, 9.17) is 4.74 Å². The summed E-state index contributed by atoms with van der Waals surface area (Å²) in [6.45, 7) is 2.25. The van der Waals surface area contributed by atoms with E-state index < -0.39 is 17.6 Å². The van der Waals surface area contributed by atoms with Gasteiger partial charge in [0.25, 0.3) is 11.9 Å². The van der Waals surface area contributed by atoms with E-state index in [0.29, 0.717) is 0 Å². The SMILES string of the molecule is CCOC(=NCc1ccccc1)NC(=O)c1cccc(C(F)(F)F)c1. The molecule has 2 rings (SSSR count). The van der Waals surface area contributed by atoms with Crippen molar-refractivity contribution in [1.29, 1.82) is 0 Å². The van der Waals surface area contributed by atoms with E-state index in [9.17, 15) is 18.0 Å².